The second kappa shape index (κ2) is 5.80. The maximum atomic E-state index is 3.93. The van der Waals surface area contributed by atoms with Crippen molar-refractivity contribution in [3.05, 3.63) is 69.7 Å². The summed E-state index contributed by atoms with van der Waals surface area (Å²) in [5, 5.41) is 0. The van der Waals surface area contributed by atoms with Gasteiger partial charge < -0.3 is 0 Å². The summed E-state index contributed by atoms with van der Waals surface area (Å²) < 4.78 is 1.14. The molecule has 0 N–H and O–H groups in total. The molecule has 2 unspecified atom stereocenters. The average Bonchev–Trinajstić information content (AvgIpc) is 2.47. The quantitative estimate of drug-likeness (QED) is 0.561. The summed E-state index contributed by atoms with van der Waals surface area (Å²) in [6, 6.07) is 17.6. The minimum Gasteiger partial charge on any atom is -0.0832 e. The maximum Gasteiger partial charge on any atom is 0.0463 e. The summed E-state index contributed by atoms with van der Waals surface area (Å²) in [6.45, 7) is 0. The molecule has 0 radical (unpaired) electrons. The molecule has 0 fully saturated rings. The third-order valence-corrected chi connectivity index (χ3v) is 5.65. The van der Waals surface area contributed by atoms with Gasteiger partial charge >= 0.3 is 0 Å². The summed E-state index contributed by atoms with van der Waals surface area (Å²) >= 11 is 7.43. The van der Waals surface area contributed by atoms with E-state index >= 15 is 0 Å². The van der Waals surface area contributed by atoms with Crippen LogP contribution in [0.3, 0.4) is 0 Å². The monoisotopic (exact) mass is 378 g/mol. The van der Waals surface area contributed by atoms with Crippen molar-refractivity contribution in [3.8, 4) is 0 Å². The summed E-state index contributed by atoms with van der Waals surface area (Å²) in [5.74, 6) is 0.589. The van der Waals surface area contributed by atoms with Gasteiger partial charge in [-0.05, 0) is 48.1 Å². The number of fused-ring (bicyclic) bond motifs is 1. The molecule has 2 aromatic rings. The van der Waals surface area contributed by atoms with Crippen molar-refractivity contribution in [2.24, 2.45) is 0 Å². The van der Waals surface area contributed by atoms with Crippen molar-refractivity contribution in [1.82, 2.24) is 0 Å². The van der Waals surface area contributed by atoms with E-state index in [0.29, 0.717) is 10.7 Å². The summed E-state index contributed by atoms with van der Waals surface area (Å²) in [6.07, 6.45) is 3.79. The Hall–Kier alpha value is -0.600. The highest BCUT2D eigenvalue weighted by atomic mass is 79.9. The molecule has 0 saturated heterocycles. The molecular weight excluding hydrogens is 364 g/mol. The van der Waals surface area contributed by atoms with Gasteiger partial charge in [0.2, 0.25) is 0 Å². The first-order valence-electron chi connectivity index (χ1n) is 6.73. The first-order chi connectivity index (χ1) is 9.25. The lowest BCUT2D eigenvalue weighted by Crippen LogP contribution is -2.13. The molecule has 0 aromatic heterocycles. The predicted octanol–water partition coefficient (Wildman–Crippen LogP) is 6.01. The van der Waals surface area contributed by atoms with Gasteiger partial charge in [0.25, 0.3) is 0 Å². The van der Waals surface area contributed by atoms with E-state index in [2.05, 4.69) is 80.4 Å². The van der Waals surface area contributed by atoms with Crippen LogP contribution in [0.4, 0.5) is 0 Å². The first kappa shape index (κ1) is 13.4. The Balaban J connectivity index is 1.92. The van der Waals surface area contributed by atoms with Crippen LogP contribution in [0.5, 0.6) is 0 Å². The van der Waals surface area contributed by atoms with Gasteiger partial charge in [0, 0.05) is 15.2 Å². The number of aryl methyl sites for hydroxylation is 1. The molecule has 0 amide bonds. The second-order valence-electron chi connectivity index (χ2n) is 5.15. The number of alkyl halides is 1. The van der Waals surface area contributed by atoms with Crippen LogP contribution in [0.1, 0.15) is 40.3 Å². The van der Waals surface area contributed by atoms with E-state index in [9.17, 15) is 0 Å². The lowest BCUT2D eigenvalue weighted by molar-refractivity contribution is 0.547. The molecule has 98 valence electrons. The molecule has 3 rings (SSSR count). The highest BCUT2D eigenvalue weighted by Crippen LogP contribution is 2.44. The van der Waals surface area contributed by atoms with Crippen molar-refractivity contribution in [2.75, 3.05) is 0 Å². The van der Waals surface area contributed by atoms with Crippen molar-refractivity contribution >= 4 is 31.9 Å². The molecule has 0 nitrogen and oxygen atoms in total. The van der Waals surface area contributed by atoms with Gasteiger partial charge in [-0.15, -0.1) is 0 Å². The van der Waals surface area contributed by atoms with E-state index in [1.807, 2.05) is 0 Å². The number of hydrogen-bond donors (Lipinski definition) is 0. The van der Waals surface area contributed by atoms with Crippen LogP contribution in [0.15, 0.2) is 53.0 Å². The zero-order valence-corrected chi connectivity index (χ0v) is 13.8. The standard InChI is InChI=1S/C17H16Br2/c18-14-10-8-13(9-11-14)17(19)16-7-3-5-12-4-1-2-6-15(12)16/h1-2,4,6,8-11,16-17H,3,5,7H2. The highest BCUT2D eigenvalue weighted by molar-refractivity contribution is 9.10. The van der Waals surface area contributed by atoms with Gasteiger partial charge in [0.15, 0.2) is 0 Å². The van der Waals surface area contributed by atoms with E-state index in [-0.39, 0.29) is 0 Å². The van der Waals surface area contributed by atoms with Crippen LogP contribution in [0.2, 0.25) is 0 Å². The Labute approximate surface area is 131 Å². The zero-order chi connectivity index (χ0) is 13.2. The van der Waals surface area contributed by atoms with Crippen LogP contribution in [0.25, 0.3) is 0 Å². The Morgan fingerprint density at radius 3 is 2.53 bits per heavy atom. The Kier molecular flexibility index (Phi) is 4.09. The van der Waals surface area contributed by atoms with E-state index in [4.69, 9.17) is 0 Å². The fourth-order valence-corrected chi connectivity index (χ4v) is 4.09. The van der Waals surface area contributed by atoms with Crippen molar-refractivity contribution in [2.45, 2.75) is 30.0 Å². The molecule has 0 heterocycles. The highest BCUT2D eigenvalue weighted by Gasteiger charge is 2.26. The minimum atomic E-state index is 0.405. The molecule has 2 atom stereocenters. The molecule has 0 spiro atoms. The second-order valence-corrected chi connectivity index (χ2v) is 7.05. The number of benzene rings is 2. The van der Waals surface area contributed by atoms with Gasteiger partial charge in [0.05, 0.1) is 0 Å². The third-order valence-electron chi connectivity index (χ3n) is 3.96. The molecule has 1 aliphatic carbocycles. The van der Waals surface area contributed by atoms with E-state index in [1.54, 1.807) is 0 Å². The topological polar surface area (TPSA) is 0 Å². The number of hydrogen-bond acceptors (Lipinski definition) is 0. The molecular formula is C17H16Br2. The van der Waals surface area contributed by atoms with Crippen LogP contribution in [-0.4, -0.2) is 0 Å². The van der Waals surface area contributed by atoms with Crippen LogP contribution < -0.4 is 0 Å². The van der Waals surface area contributed by atoms with Gasteiger partial charge in [-0.25, -0.2) is 0 Å². The van der Waals surface area contributed by atoms with E-state index in [1.165, 1.54) is 36.0 Å². The molecule has 2 aromatic carbocycles. The lowest BCUT2D eigenvalue weighted by atomic mass is 9.79. The largest absolute Gasteiger partial charge is 0.0832 e. The van der Waals surface area contributed by atoms with Crippen molar-refractivity contribution < 1.29 is 0 Å². The zero-order valence-electron chi connectivity index (χ0n) is 10.7. The van der Waals surface area contributed by atoms with Crippen LogP contribution >= 0.6 is 31.9 Å². The van der Waals surface area contributed by atoms with Gasteiger partial charge in [0.1, 0.15) is 0 Å². The molecule has 19 heavy (non-hydrogen) atoms. The van der Waals surface area contributed by atoms with Gasteiger partial charge in [-0.2, -0.15) is 0 Å². The summed E-state index contributed by atoms with van der Waals surface area (Å²) in [4.78, 5) is 0.405. The normalized spacial score (nSPS) is 19.8. The smallest absolute Gasteiger partial charge is 0.0463 e. The summed E-state index contributed by atoms with van der Waals surface area (Å²) in [5.41, 5.74) is 4.42. The van der Waals surface area contributed by atoms with Crippen molar-refractivity contribution in [3.63, 3.8) is 0 Å². The summed E-state index contributed by atoms with van der Waals surface area (Å²) in [7, 11) is 0. The van der Waals surface area contributed by atoms with E-state index < -0.39 is 0 Å². The molecule has 0 saturated carbocycles. The van der Waals surface area contributed by atoms with Gasteiger partial charge in [-0.3, -0.25) is 0 Å². The Bertz CT molecular complexity index is 560. The third kappa shape index (κ3) is 2.80. The fraction of sp³-hybridized carbons (Fsp3) is 0.294. The molecule has 0 aliphatic heterocycles. The van der Waals surface area contributed by atoms with Crippen LogP contribution in [0, 0.1) is 0 Å². The first-order valence-corrected chi connectivity index (χ1v) is 8.44. The number of halogens is 2. The van der Waals surface area contributed by atoms with Crippen molar-refractivity contribution in [1.29, 1.82) is 0 Å². The molecule has 0 bridgehead atoms. The average molecular weight is 380 g/mol. The van der Waals surface area contributed by atoms with Crippen LogP contribution in [-0.2, 0) is 6.42 Å². The fourth-order valence-electron chi connectivity index (χ4n) is 2.97. The SMILES string of the molecule is Brc1ccc(C(Br)C2CCCc3ccccc32)cc1. The van der Waals surface area contributed by atoms with E-state index in [0.717, 1.165) is 4.47 Å². The minimum absolute atomic E-state index is 0.405. The Morgan fingerprint density at radius 2 is 1.74 bits per heavy atom. The molecule has 2 heteroatoms. The van der Waals surface area contributed by atoms with Gasteiger partial charge in [-0.1, -0.05) is 68.3 Å². The molecule has 1 aliphatic rings. The predicted molar refractivity (Wildman–Crippen MR) is 87.9 cm³/mol. The lowest BCUT2D eigenvalue weighted by Gasteiger charge is -2.29. The maximum absolute atomic E-state index is 3.93. The Morgan fingerprint density at radius 1 is 1.00 bits per heavy atom. The number of rotatable bonds is 2.